The summed E-state index contributed by atoms with van der Waals surface area (Å²) < 4.78 is 55.8. The summed E-state index contributed by atoms with van der Waals surface area (Å²) >= 11 is 0. The van der Waals surface area contributed by atoms with E-state index in [2.05, 4.69) is 5.32 Å². The van der Waals surface area contributed by atoms with Crippen molar-refractivity contribution in [3.05, 3.63) is 24.3 Å². The van der Waals surface area contributed by atoms with Gasteiger partial charge in [0.25, 0.3) is 6.43 Å². The number of ether oxygens (including phenoxy) is 1. The van der Waals surface area contributed by atoms with E-state index in [4.69, 9.17) is 4.74 Å². The van der Waals surface area contributed by atoms with Crippen molar-refractivity contribution in [2.24, 2.45) is 0 Å². The zero-order valence-corrected chi connectivity index (χ0v) is 13.3. The standard InChI is InChI=1S/C14H20F2N2O3S/c1-10-11(2)18(8-7-17-10)22(19,20)13-5-3-12(4-6-13)21-9-14(15)16/h3-6,10-11,14,17H,7-9H2,1-2H3. The molecule has 0 radical (unpaired) electrons. The molecule has 2 atom stereocenters. The fourth-order valence-electron chi connectivity index (χ4n) is 2.37. The van der Waals surface area contributed by atoms with Crippen LogP contribution in [0, 0.1) is 0 Å². The van der Waals surface area contributed by atoms with Crippen molar-refractivity contribution >= 4 is 10.0 Å². The highest BCUT2D eigenvalue weighted by molar-refractivity contribution is 7.89. The number of sulfonamides is 1. The highest BCUT2D eigenvalue weighted by Gasteiger charge is 2.34. The molecule has 8 heteroatoms. The van der Waals surface area contributed by atoms with Gasteiger partial charge in [0.05, 0.1) is 4.90 Å². The average Bonchev–Trinajstić information content (AvgIpc) is 2.48. The van der Waals surface area contributed by atoms with Crippen molar-refractivity contribution in [3.63, 3.8) is 0 Å². The molecule has 0 spiro atoms. The minimum atomic E-state index is -3.60. The Balaban J connectivity index is 2.15. The van der Waals surface area contributed by atoms with Crippen molar-refractivity contribution in [3.8, 4) is 5.75 Å². The minimum Gasteiger partial charge on any atom is -0.488 e. The Morgan fingerprint density at radius 1 is 1.32 bits per heavy atom. The molecule has 1 aliphatic rings. The summed E-state index contributed by atoms with van der Waals surface area (Å²) in [6, 6.07) is 5.47. The molecule has 0 bridgehead atoms. The van der Waals surface area contributed by atoms with Crippen molar-refractivity contribution in [2.75, 3.05) is 19.7 Å². The van der Waals surface area contributed by atoms with Crippen molar-refractivity contribution in [1.82, 2.24) is 9.62 Å². The van der Waals surface area contributed by atoms with Crippen LogP contribution < -0.4 is 10.1 Å². The summed E-state index contributed by atoms with van der Waals surface area (Å²) in [6.07, 6.45) is -2.56. The van der Waals surface area contributed by atoms with E-state index in [-0.39, 0.29) is 22.7 Å². The van der Waals surface area contributed by atoms with Gasteiger partial charge in [0.1, 0.15) is 12.4 Å². The molecule has 2 rings (SSSR count). The predicted molar refractivity (Wildman–Crippen MR) is 78.8 cm³/mol. The maximum atomic E-state index is 12.7. The molecule has 1 fully saturated rings. The smallest absolute Gasteiger partial charge is 0.272 e. The summed E-state index contributed by atoms with van der Waals surface area (Å²) in [4.78, 5) is 0.137. The average molecular weight is 334 g/mol. The molecule has 1 heterocycles. The Labute approximate surface area is 129 Å². The zero-order chi connectivity index (χ0) is 16.3. The fraction of sp³-hybridized carbons (Fsp3) is 0.571. The summed E-state index contributed by atoms with van der Waals surface area (Å²) in [5.74, 6) is 0.223. The Hall–Kier alpha value is -1.25. The molecule has 1 saturated heterocycles. The van der Waals surface area contributed by atoms with Gasteiger partial charge in [-0.15, -0.1) is 0 Å². The van der Waals surface area contributed by atoms with Crippen LogP contribution in [0.1, 0.15) is 13.8 Å². The van der Waals surface area contributed by atoms with Gasteiger partial charge in [-0.1, -0.05) is 0 Å². The number of hydrogen-bond donors (Lipinski definition) is 1. The van der Waals surface area contributed by atoms with E-state index in [9.17, 15) is 17.2 Å². The van der Waals surface area contributed by atoms with Crippen molar-refractivity contribution in [1.29, 1.82) is 0 Å². The Bertz CT molecular complexity index is 593. The molecule has 0 saturated carbocycles. The van der Waals surface area contributed by atoms with Crippen LogP contribution in [-0.2, 0) is 10.0 Å². The monoisotopic (exact) mass is 334 g/mol. The number of nitrogens with zero attached hydrogens (tertiary/aromatic N) is 1. The third kappa shape index (κ3) is 3.74. The van der Waals surface area contributed by atoms with E-state index in [1.807, 2.05) is 13.8 Å². The Morgan fingerprint density at radius 2 is 1.95 bits per heavy atom. The quantitative estimate of drug-likeness (QED) is 0.890. The summed E-state index contributed by atoms with van der Waals surface area (Å²) in [5.41, 5.74) is 0. The highest BCUT2D eigenvalue weighted by Crippen LogP contribution is 2.23. The second kappa shape index (κ2) is 6.89. The van der Waals surface area contributed by atoms with Gasteiger partial charge in [-0.05, 0) is 38.1 Å². The normalized spacial score (nSPS) is 23.7. The van der Waals surface area contributed by atoms with Crippen LogP contribution in [0.15, 0.2) is 29.2 Å². The number of hydrogen-bond acceptors (Lipinski definition) is 4. The van der Waals surface area contributed by atoms with E-state index < -0.39 is 23.1 Å². The first-order valence-corrected chi connectivity index (χ1v) is 8.52. The minimum absolute atomic E-state index is 0.0668. The summed E-state index contributed by atoms with van der Waals surface area (Å²) in [6.45, 7) is 4.08. The van der Waals surface area contributed by atoms with Crippen LogP contribution in [0.25, 0.3) is 0 Å². The predicted octanol–water partition coefficient (Wildman–Crippen LogP) is 1.70. The van der Waals surface area contributed by atoms with Gasteiger partial charge in [-0.2, -0.15) is 4.31 Å². The first-order valence-electron chi connectivity index (χ1n) is 7.08. The molecule has 1 N–H and O–H groups in total. The number of piperazine rings is 1. The topological polar surface area (TPSA) is 58.6 Å². The SMILES string of the molecule is CC1NCCN(S(=O)(=O)c2ccc(OCC(F)F)cc2)C1C. The summed E-state index contributed by atoms with van der Waals surface area (Å²) in [7, 11) is -3.60. The van der Waals surface area contributed by atoms with Crippen molar-refractivity contribution in [2.45, 2.75) is 37.3 Å². The number of benzene rings is 1. The molecule has 1 aromatic carbocycles. The van der Waals surface area contributed by atoms with Gasteiger partial charge in [-0.25, -0.2) is 17.2 Å². The summed E-state index contributed by atoms with van der Waals surface area (Å²) in [5, 5.41) is 3.22. The second-order valence-electron chi connectivity index (χ2n) is 5.27. The zero-order valence-electron chi connectivity index (χ0n) is 12.5. The molecular weight excluding hydrogens is 314 g/mol. The molecule has 124 valence electrons. The number of rotatable bonds is 5. The molecule has 2 unspecified atom stereocenters. The highest BCUT2D eigenvalue weighted by atomic mass is 32.2. The van der Waals surface area contributed by atoms with Crippen LogP contribution in [0.2, 0.25) is 0 Å². The molecule has 1 aliphatic heterocycles. The van der Waals surface area contributed by atoms with Gasteiger partial charge < -0.3 is 10.1 Å². The van der Waals surface area contributed by atoms with Gasteiger partial charge in [-0.3, -0.25) is 0 Å². The van der Waals surface area contributed by atoms with Crippen LogP contribution in [0.5, 0.6) is 5.75 Å². The van der Waals surface area contributed by atoms with Crippen LogP contribution >= 0.6 is 0 Å². The van der Waals surface area contributed by atoms with Gasteiger partial charge in [0, 0.05) is 25.2 Å². The van der Waals surface area contributed by atoms with Gasteiger partial charge in [0.15, 0.2) is 0 Å². The molecule has 1 aromatic rings. The maximum Gasteiger partial charge on any atom is 0.272 e. The Morgan fingerprint density at radius 3 is 2.55 bits per heavy atom. The first-order chi connectivity index (χ1) is 10.3. The van der Waals surface area contributed by atoms with Gasteiger partial charge >= 0.3 is 0 Å². The van der Waals surface area contributed by atoms with Gasteiger partial charge in [0.2, 0.25) is 10.0 Å². The Kier molecular flexibility index (Phi) is 5.36. The largest absolute Gasteiger partial charge is 0.488 e. The van der Waals surface area contributed by atoms with Crippen molar-refractivity contribution < 1.29 is 21.9 Å². The lowest BCUT2D eigenvalue weighted by Gasteiger charge is -2.37. The van der Waals surface area contributed by atoms with E-state index >= 15 is 0 Å². The number of halogens is 2. The van der Waals surface area contributed by atoms with E-state index in [1.54, 1.807) is 0 Å². The van der Waals surface area contributed by atoms with Crippen LogP contribution in [0.4, 0.5) is 8.78 Å². The second-order valence-corrected chi connectivity index (χ2v) is 7.16. The maximum absolute atomic E-state index is 12.7. The van der Waals surface area contributed by atoms with E-state index in [0.29, 0.717) is 13.1 Å². The molecule has 22 heavy (non-hydrogen) atoms. The molecule has 0 aromatic heterocycles. The number of nitrogens with one attached hydrogen (secondary N) is 1. The molecular formula is C14H20F2N2O3S. The molecule has 5 nitrogen and oxygen atoms in total. The molecule has 0 amide bonds. The lowest BCUT2D eigenvalue weighted by Crippen LogP contribution is -2.57. The lowest BCUT2D eigenvalue weighted by atomic mass is 10.1. The lowest BCUT2D eigenvalue weighted by molar-refractivity contribution is 0.0819. The number of alkyl halides is 2. The van der Waals surface area contributed by atoms with E-state index in [1.165, 1.54) is 28.6 Å². The van der Waals surface area contributed by atoms with Crippen LogP contribution in [0.3, 0.4) is 0 Å². The first kappa shape index (κ1) is 17.1. The fourth-order valence-corrected chi connectivity index (χ4v) is 4.07. The third-order valence-electron chi connectivity index (χ3n) is 3.78. The van der Waals surface area contributed by atoms with Crippen LogP contribution in [-0.4, -0.2) is 50.9 Å². The molecule has 0 aliphatic carbocycles. The van der Waals surface area contributed by atoms with E-state index in [0.717, 1.165) is 0 Å². The third-order valence-corrected chi connectivity index (χ3v) is 5.78.